The number of carbonyl (C=O) groups excluding carboxylic acids is 2. The number of carboxylic acids is 2. The van der Waals surface area contributed by atoms with Crippen molar-refractivity contribution in [2.45, 2.75) is 37.8 Å². The lowest BCUT2D eigenvalue weighted by Gasteiger charge is -2.14. The molecular weight excluding hydrogens is 272 g/mol. The molecule has 0 aromatic heterocycles. The van der Waals surface area contributed by atoms with Gasteiger partial charge in [0.25, 0.3) is 0 Å². The highest BCUT2D eigenvalue weighted by molar-refractivity contribution is 5.84. The molecular formula is C11H18N2O7. The minimum atomic E-state index is -1.29. The Labute approximate surface area is 115 Å². The average molecular weight is 290 g/mol. The summed E-state index contributed by atoms with van der Waals surface area (Å²) < 4.78 is 4.36. The third-order valence-electron chi connectivity index (χ3n) is 2.50. The third kappa shape index (κ3) is 7.31. The van der Waals surface area contributed by atoms with Crippen molar-refractivity contribution in [1.82, 2.24) is 5.32 Å². The first-order chi connectivity index (χ1) is 9.27. The molecule has 0 radical (unpaired) electrons. The molecule has 2 atom stereocenters. The molecule has 114 valence electrons. The van der Waals surface area contributed by atoms with Gasteiger partial charge in [-0.15, -0.1) is 0 Å². The van der Waals surface area contributed by atoms with Gasteiger partial charge in [-0.2, -0.15) is 0 Å². The summed E-state index contributed by atoms with van der Waals surface area (Å²) in [5, 5.41) is 19.6. The van der Waals surface area contributed by atoms with Crippen LogP contribution in [0, 0.1) is 0 Å². The fraction of sp³-hybridized carbons (Fsp3) is 0.636. The zero-order valence-corrected chi connectivity index (χ0v) is 11.0. The zero-order valence-electron chi connectivity index (χ0n) is 11.0. The lowest BCUT2D eigenvalue weighted by Crippen LogP contribution is -2.42. The van der Waals surface area contributed by atoms with Crippen LogP contribution in [-0.4, -0.2) is 53.2 Å². The number of carboxylic acid groups (broad SMARTS) is 2. The van der Waals surface area contributed by atoms with Gasteiger partial charge in [0.15, 0.2) is 0 Å². The van der Waals surface area contributed by atoms with Crippen LogP contribution in [0.25, 0.3) is 0 Å². The molecule has 0 aliphatic carbocycles. The number of esters is 1. The van der Waals surface area contributed by atoms with Crippen LogP contribution < -0.4 is 11.1 Å². The van der Waals surface area contributed by atoms with Gasteiger partial charge in [0, 0.05) is 12.8 Å². The maximum Gasteiger partial charge on any atom is 0.326 e. The number of aliphatic carboxylic acids is 2. The fourth-order valence-corrected chi connectivity index (χ4v) is 1.30. The lowest BCUT2D eigenvalue weighted by atomic mass is 10.1. The number of hydrogen-bond acceptors (Lipinski definition) is 6. The van der Waals surface area contributed by atoms with Crippen LogP contribution >= 0.6 is 0 Å². The largest absolute Gasteiger partial charge is 0.480 e. The van der Waals surface area contributed by atoms with Crippen LogP contribution in [0.4, 0.5) is 0 Å². The second-order valence-corrected chi connectivity index (χ2v) is 4.06. The second-order valence-electron chi connectivity index (χ2n) is 4.06. The quantitative estimate of drug-likeness (QED) is 0.382. The minimum Gasteiger partial charge on any atom is -0.480 e. The van der Waals surface area contributed by atoms with E-state index in [0.717, 1.165) is 0 Å². The third-order valence-corrected chi connectivity index (χ3v) is 2.50. The highest BCUT2D eigenvalue weighted by Crippen LogP contribution is 2.02. The highest BCUT2D eigenvalue weighted by atomic mass is 16.5. The molecule has 0 unspecified atom stereocenters. The molecule has 0 aliphatic rings. The molecule has 5 N–H and O–H groups in total. The van der Waals surface area contributed by atoms with Crippen LogP contribution in [0.15, 0.2) is 0 Å². The topological polar surface area (TPSA) is 156 Å². The number of carbonyl (C=O) groups is 4. The number of rotatable bonds is 9. The van der Waals surface area contributed by atoms with E-state index in [9.17, 15) is 19.2 Å². The van der Waals surface area contributed by atoms with Gasteiger partial charge in [-0.3, -0.25) is 14.4 Å². The van der Waals surface area contributed by atoms with Crippen LogP contribution in [0.5, 0.6) is 0 Å². The van der Waals surface area contributed by atoms with Gasteiger partial charge >= 0.3 is 17.9 Å². The molecule has 0 aromatic rings. The number of nitrogens with two attached hydrogens (primary N) is 1. The molecule has 0 heterocycles. The number of nitrogens with one attached hydrogen (secondary N) is 1. The van der Waals surface area contributed by atoms with Crippen molar-refractivity contribution in [2.24, 2.45) is 5.73 Å². The standard InChI is InChI=1S/C11H18N2O7/c1-20-9(15)5-3-7(11(18)19)13-8(14)4-2-6(12)10(16)17/h6-7H,2-5,12H2,1H3,(H,13,14)(H,16,17)(H,18,19)/t6-,7-/m0/s1. The SMILES string of the molecule is COC(=O)CC[C@H](NC(=O)CC[C@H](N)C(=O)O)C(=O)O. The summed E-state index contributed by atoms with van der Waals surface area (Å²) in [7, 11) is 1.17. The van der Waals surface area contributed by atoms with Gasteiger partial charge in [-0.1, -0.05) is 0 Å². The van der Waals surface area contributed by atoms with Crippen molar-refractivity contribution < 1.29 is 34.1 Å². The second kappa shape index (κ2) is 8.86. The minimum absolute atomic E-state index is 0.107. The Bertz CT molecular complexity index is 383. The number of hydrogen-bond donors (Lipinski definition) is 4. The molecule has 0 bridgehead atoms. The summed E-state index contributed by atoms with van der Waals surface area (Å²) >= 11 is 0. The first kappa shape index (κ1) is 17.8. The van der Waals surface area contributed by atoms with Crippen molar-refractivity contribution in [1.29, 1.82) is 0 Å². The maximum absolute atomic E-state index is 11.5. The van der Waals surface area contributed by atoms with E-state index in [0.29, 0.717) is 0 Å². The van der Waals surface area contributed by atoms with Gasteiger partial charge in [-0.25, -0.2) is 4.79 Å². The van der Waals surface area contributed by atoms with Crippen molar-refractivity contribution in [3.8, 4) is 0 Å². The summed E-state index contributed by atoms with van der Waals surface area (Å²) in [6, 6.07) is -2.42. The Hall–Kier alpha value is -2.16. The van der Waals surface area contributed by atoms with Crippen LogP contribution in [0.1, 0.15) is 25.7 Å². The van der Waals surface area contributed by atoms with E-state index >= 15 is 0 Å². The molecule has 0 aromatic carbocycles. The van der Waals surface area contributed by atoms with Gasteiger partial charge in [0.1, 0.15) is 12.1 Å². The molecule has 0 saturated carbocycles. The average Bonchev–Trinajstić information content (AvgIpc) is 2.39. The fourth-order valence-electron chi connectivity index (χ4n) is 1.30. The van der Waals surface area contributed by atoms with E-state index in [-0.39, 0.29) is 25.7 Å². The Morgan fingerprint density at radius 1 is 1.10 bits per heavy atom. The molecule has 0 spiro atoms. The molecule has 0 rings (SSSR count). The van der Waals surface area contributed by atoms with Gasteiger partial charge < -0.3 is 26.0 Å². The smallest absolute Gasteiger partial charge is 0.326 e. The predicted octanol–water partition coefficient (Wildman–Crippen LogP) is -1.30. The Balaban J connectivity index is 4.24. The molecule has 9 nitrogen and oxygen atoms in total. The van der Waals surface area contributed by atoms with E-state index in [2.05, 4.69) is 10.1 Å². The normalized spacial score (nSPS) is 13.1. The summed E-state index contributed by atoms with van der Waals surface area (Å²) in [5.74, 6) is -3.75. The molecule has 0 aliphatic heterocycles. The van der Waals surface area contributed by atoms with E-state index < -0.39 is 35.9 Å². The summed E-state index contributed by atoms with van der Waals surface area (Å²) in [5.41, 5.74) is 5.21. The molecule has 20 heavy (non-hydrogen) atoms. The number of ether oxygens (including phenoxy) is 1. The Morgan fingerprint density at radius 2 is 1.70 bits per heavy atom. The van der Waals surface area contributed by atoms with Crippen molar-refractivity contribution >= 4 is 23.8 Å². The van der Waals surface area contributed by atoms with E-state index in [4.69, 9.17) is 15.9 Å². The van der Waals surface area contributed by atoms with Crippen LogP contribution in [-0.2, 0) is 23.9 Å². The van der Waals surface area contributed by atoms with Crippen molar-refractivity contribution in [3.05, 3.63) is 0 Å². The molecule has 9 heteroatoms. The van der Waals surface area contributed by atoms with Crippen LogP contribution in [0.3, 0.4) is 0 Å². The summed E-state index contributed by atoms with van der Waals surface area (Å²) in [6.07, 6.45) is -0.582. The first-order valence-corrected chi connectivity index (χ1v) is 5.85. The monoisotopic (exact) mass is 290 g/mol. The van der Waals surface area contributed by atoms with Crippen LogP contribution in [0.2, 0.25) is 0 Å². The predicted molar refractivity (Wildman–Crippen MR) is 65.7 cm³/mol. The zero-order chi connectivity index (χ0) is 15.7. The maximum atomic E-state index is 11.5. The number of amides is 1. The van der Waals surface area contributed by atoms with Gasteiger partial charge in [0.05, 0.1) is 7.11 Å². The Morgan fingerprint density at radius 3 is 2.15 bits per heavy atom. The van der Waals surface area contributed by atoms with E-state index in [1.165, 1.54) is 7.11 Å². The van der Waals surface area contributed by atoms with Crippen molar-refractivity contribution in [3.63, 3.8) is 0 Å². The summed E-state index contributed by atoms with van der Waals surface area (Å²) in [6.45, 7) is 0. The lowest BCUT2D eigenvalue weighted by molar-refractivity contribution is -0.144. The molecule has 0 fully saturated rings. The van der Waals surface area contributed by atoms with Gasteiger partial charge in [0.2, 0.25) is 5.91 Å². The summed E-state index contributed by atoms with van der Waals surface area (Å²) in [4.78, 5) is 43.7. The van der Waals surface area contributed by atoms with Crippen molar-refractivity contribution in [2.75, 3.05) is 7.11 Å². The molecule has 0 saturated heterocycles. The highest BCUT2D eigenvalue weighted by Gasteiger charge is 2.22. The number of methoxy groups -OCH3 is 1. The van der Waals surface area contributed by atoms with E-state index in [1.807, 2.05) is 0 Å². The first-order valence-electron chi connectivity index (χ1n) is 5.85. The van der Waals surface area contributed by atoms with E-state index in [1.54, 1.807) is 0 Å². The Kier molecular flexibility index (Phi) is 7.90. The molecule has 1 amide bonds. The van der Waals surface area contributed by atoms with Gasteiger partial charge in [-0.05, 0) is 12.8 Å².